The van der Waals surface area contributed by atoms with Crippen LogP contribution in [-0.2, 0) is 29.2 Å². The van der Waals surface area contributed by atoms with Gasteiger partial charge in [0.2, 0.25) is 5.91 Å². The molecule has 0 spiro atoms. The lowest BCUT2D eigenvalue weighted by Crippen LogP contribution is -2.37. The third-order valence-corrected chi connectivity index (χ3v) is 5.83. The van der Waals surface area contributed by atoms with Crippen molar-refractivity contribution in [3.63, 3.8) is 0 Å². The van der Waals surface area contributed by atoms with Crippen LogP contribution in [0.3, 0.4) is 0 Å². The van der Waals surface area contributed by atoms with Gasteiger partial charge in [0.05, 0.1) is 24.5 Å². The molecule has 8 nitrogen and oxygen atoms in total. The molecule has 1 aromatic rings. The predicted octanol–water partition coefficient (Wildman–Crippen LogP) is 1.49. The molecule has 1 saturated carbocycles. The minimum atomic E-state index is -0.415. The highest BCUT2D eigenvalue weighted by Crippen LogP contribution is 2.26. The van der Waals surface area contributed by atoms with Gasteiger partial charge in [0.25, 0.3) is 0 Å². The number of hydrogen-bond acceptors (Lipinski definition) is 5. The summed E-state index contributed by atoms with van der Waals surface area (Å²) in [5, 5.41) is 7.55. The zero-order valence-corrected chi connectivity index (χ0v) is 15.9. The molecule has 148 valence electrons. The fraction of sp³-hybridized carbons (Fsp3) is 0.737. The van der Waals surface area contributed by atoms with Crippen LogP contribution in [0.2, 0.25) is 0 Å². The largest absolute Gasteiger partial charge is 0.448 e. The Labute approximate surface area is 159 Å². The molecule has 2 fully saturated rings. The maximum absolute atomic E-state index is 12.1. The molecule has 2 aliphatic heterocycles. The summed E-state index contributed by atoms with van der Waals surface area (Å²) in [6.07, 6.45) is 7.41. The number of carbonyl (C=O) groups excluding carboxylic acids is 2. The highest BCUT2D eigenvalue weighted by molar-refractivity contribution is 5.82. The van der Waals surface area contributed by atoms with Crippen molar-refractivity contribution >= 4 is 12.0 Å². The van der Waals surface area contributed by atoms with Crippen molar-refractivity contribution in [1.29, 1.82) is 0 Å². The Morgan fingerprint density at radius 3 is 2.81 bits per heavy atom. The monoisotopic (exact) mass is 375 g/mol. The van der Waals surface area contributed by atoms with Crippen LogP contribution in [0, 0.1) is 0 Å². The fourth-order valence-corrected chi connectivity index (χ4v) is 4.38. The average molecular weight is 375 g/mol. The lowest BCUT2D eigenvalue weighted by Gasteiger charge is -2.33. The second-order valence-electron chi connectivity index (χ2n) is 7.78. The number of amides is 2. The molecule has 0 radical (unpaired) electrons. The van der Waals surface area contributed by atoms with Gasteiger partial charge in [0, 0.05) is 25.7 Å². The molecule has 1 saturated heterocycles. The summed E-state index contributed by atoms with van der Waals surface area (Å²) in [5.41, 5.74) is 2.12. The third-order valence-electron chi connectivity index (χ3n) is 5.83. The summed E-state index contributed by atoms with van der Waals surface area (Å²) in [4.78, 5) is 27.5. The first-order valence-electron chi connectivity index (χ1n) is 10.2. The summed E-state index contributed by atoms with van der Waals surface area (Å²) in [5.74, 6) is -0.180. The van der Waals surface area contributed by atoms with Gasteiger partial charge < -0.3 is 10.1 Å². The zero-order valence-electron chi connectivity index (χ0n) is 15.9. The molecule has 4 rings (SSSR count). The summed E-state index contributed by atoms with van der Waals surface area (Å²) in [7, 11) is 0. The first kappa shape index (κ1) is 18.3. The normalized spacial score (nSPS) is 21.6. The van der Waals surface area contributed by atoms with Gasteiger partial charge in [-0.15, -0.1) is 0 Å². The van der Waals surface area contributed by atoms with Gasteiger partial charge in [-0.25, -0.2) is 4.79 Å². The Kier molecular flexibility index (Phi) is 5.61. The number of hydrogen-bond donors (Lipinski definition) is 1. The molecule has 2 amide bonds. The van der Waals surface area contributed by atoms with E-state index in [1.54, 1.807) is 0 Å². The maximum Gasteiger partial charge on any atom is 0.410 e. The van der Waals surface area contributed by atoms with E-state index in [9.17, 15) is 9.59 Å². The van der Waals surface area contributed by atoms with Gasteiger partial charge >= 0.3 is 6.09 Å². The standard InChI is InChI=1S/C19H29N5O3/c25-18(14-23-9-10-27-19(23)26)20-12-15-11-17-13-22(7-4-8-24(17)21-15)16-5-2-1-3-6-16/h11,16H,1-10,12-14H2,(H,20,25). The van der Waals surface area contributed by atoms with Crippen LogP contribution in [-0.4, -0.2) is 63.9 Å². The topological polar surface area (TPSA) is 79.7 Å². The lowest BCUT2D eigenvalue weighted by molar-refractivity contribution is -0.121. The number of fused-ring (bicyclic) bond motifs is 1. The highest BCUT2D eigenvalue weighted by atomic mass is 16.6. The van der Waals surface area contributed by atoms with E-state index >= 15 is 0 Å². The van der Waals surface area contributed by atoms with Crippen LogP contribution in [0.25, 0.3) is 0 Å². The molecule has 1 N–H and O–H groups in total. The minimum absolute atomic E-state index is 0.0435. The van der Waals surface area contributed by atoms with Crippen molar-refractivity contribution in [3.8, 4) is 0 Å². The average Bonchev–Trinajstić information content (AvgIpc) is 3.20. The van der Waals surface area contributed by atoms with Crippen molar-refractivity contribution in [1.82, 2.24) is 24.9 Å². The number of cyclic esters (lactones) is 1. The third kappa shape index (κ3) is 4.43. The van der Waals surface area contributed by atoms with Crippen LogP contribution >= 0.6 is 0 Å². The Bertz CT molecular complexity index is 683. The molecule has 1 aliphatic carbocycles. The summed E-state index contributed by atoms with van der Waals surface area (Å²) in [6.45, 7) is 4.30. The highest BCUT2D eigenvalue weighted by Gasteiger charge is 2.26. The Morgan fingerprint density at radius 2 is 2.04 bits per heavy atom. The van der Waals surface area contributed by atoms with E-state index in [2.05, 4.69) is 26.1 Å². The van der Waals surface area contributed by atoms with Crippen molar-refractivity contribution < 1.29 is 14.3 Å². The van der Waals surface area contributed by atoms with Crippen LogP contribution in [0.1, 0.15) is 49.9 Å². The smallest absolute Gasteiger partial charge is 0.410 e. The molecule has 0 atom stereocenters. The van der Waals surface area contributed by atoms with Gasteiger partial charge in [-0.05, 0) is 25.3 Å². The van der Waals surface area contributed by atoms with E-state index < -0.39 is 6.09 Å². The summed E-state index contributed by atoms with van der Waals surface area (Å²) in [6, 6.07) is 2.83. The molecule has 0 bridgehead atoms. The first-order chi connectivity index (χ1) is 13.2. The van der Waals surface area contributed by atoms with E-state index in [-0.39, 0.29) is 12.5 Å². The van der Waals surface area contributed by atoms with Gasteiger partial charge in [-0.2, -0.15) is 5.10 Å². The molecule has 3 heterocycles. The van der Waals surface area contributed by atoms with Crippen molar-refractivity contribution in [2.24, 2.45) is 0 Å². The van der Waals surface area contributed by atoms with Crippen molar-refractivity contribution in [2.75, 3.05) is 26.2 Å². The van der Waals surface area contributed by atoms with E-state index in [0.717, 1.165) is 31.7 Å². The van der Waals surface area contributed by atoms with Crippen LogP contribution in [0.15, 0.2) is 6.07 Å². The number of carbonyl (C=O) groups is 2. The first-order valence-corrected chi connectivity index (χ1v) is 10.2. The number of nitrogens with zero attached hydrogens (tertiary/aromatic N) is 4. The van der Waals surface area contributed by atoms with E-state index in [4.69, 9.17) is 4.74 Å². The van der Waals surface area contributed by atoms with Crippen LogP contribution < -0.4 is 5.32 Å². The summed E-state index contributed by atoms with van der Waals surface area (Å²) < 4.78 is 6.94. The number of aromatic nitrogens is 2. The quantitative estimate of drug-likeness (QED) is 0.843. The van der Waals surface area contributed by atoms with Gasteiger partial charge in [0.1, 0.15) is 13.2 Å². The van der Waals surface area contributed by atoms with Gasteiger partial charge in [-0.1, -0.05) is 19.3 Å². The molecule has 0 unspecified atom stereocenters. The predicted molar refractivity (Wildman–Crippen MR) is 98.9 cm³/mol. The summed E-state index contributed by atoms with van der Waals surface area (Å²) >= 11 is 0. The molecular formula is C19H29N5O3. The van der Waals surface area contributed by atoms with Gasteiger partial charge in [0.15, 0.2) is 0 Å². The van der Waals surface area contributed by atoms with Gasteiger partial charge in [-0.3, -0.25) is 19.3 Å². The molecule has 8 heteroatoms. The van der Waals surface area contributed by atoms with Crippen molar-refractivity contribution in [3.05, 3.63) is 17.5 Å². The second kappa shape index (κ2) is 8.29. The molecule has 1 aromatic heterocycles. The number of rotatable bonds is 5. The minimum Gasteiger partial charge on any atom is -0.448 e. The number of nitrogens with one attached hydrogen (secondary N) is 1. The molecular weight excluding hydrogens is 346 g/mol. The van der Waals surface area contributed by atoms with Crippen molar-refractivity contribution in [2.45, 2.75) is 64.2 Å². The zero-order chi connectivity index (χ0) is 18.6. The number of ether oxygens (including phenoxy) is 1. The molecule has 0 aromatic carbocycles. The Morgan fingerprint density at radius 1 is 1.19 bits per heavy atom. The van der Waals surface area contributed by atoms with Crippen LogP contribution in [0.4, 0.5) is 4.79 Å². The fourth-order valence-electron chi connectivity index (χ4n) is 4.38. The molecule has 27 heavy (non-hydrogen) atoms. The second-order valence-corrected chi connectivity index (χ2v) is 7.78. The lowest BCUT2D eigenvalue weighted by atomic mass is 9.94. The maximum atomic E-state index is 12.1. The van der Waals surface area contributed by atoms with E-state index in [1.165, 1.54) is 42.7 Å². The molecule has 3 aliphatic rings. The number of aryl methyl sites for hydroxylation is 1. The Hall–Kier alpha value is -2.09. The van der Waals surface area contributed by atoms with E-state index in [1.807, 2.05) is 0 Å². The van der Waals surface area contributed by atoms with Crippen LogP contribution in [0.5, 0.6) is 0 Å². The van der Waals surface area contributed by atoms with E-state index in [0.29, 0.717) is 25.7 Å². The SMILES string of the molecule is O=C(CN1CCOC1=O)NCc1cc2n(n1)CCCN(C1CCCCC1)C2. The Balaban J connectivity index is 1.31.